The van der Waals surface area contributed by atoms with Crippen molar-refractivity contribution < 1.29 is 18.3 Å². The third kappa shape index (κ3) is 3.06. The summed E-state index contributed by atoms with van der Waals surface area (Å²) >= 11 is 0. The SMILES string of the molecule is Cc1ccc2c(C=Nc3ccc(C(F)(F)F)cc3)c(O)[nH]c2c1. The first-order valence-corrected chi connectivity index (χ1v) is 6.87. The first kappa shape index (κ1) is 15.1. The van der Waals surface area contributed by atoms with Crippen molar-refractivity contribution in [2.45, 2.75) is 13.1 Å². The van der Waals surface area contributed by atoms with Crippen LogP contribution in [0.3, 0.4) is 0 Å². The highest BCUT2D eigenvalue weighted by atomic mass is 19.4. The van der Waals surface area contributed by atoms with E-state index < -0.39 is 11.7 Å². The minimum atomic E-state index is -4.37. The van der Waals surface area contributed by atoms with Gasteiger partial charge in [0.05, 0.1) is 16.8 Å². The molecule has 0 aliphatic carbocycles. The summed E-state index contributed by atoms with van der Waals surface area (Å²) in [6.07, 6.45) is -2.93. The van der Waals surface area contributed by atoms with E-state index in [1.807, 2.05) is 25.1 Å². The number of alkyl halides is 3. The van der Waals surface area contributed by atoms with Crippen LogP contribution in [0.2, 0.25) is 0 Å². The molecule has 0 aliphatic rings. The van der Waals surface area contributed by atoms with Crippen molar-refractivity contribution in [3.05, 3.63) is 59.2 Å². The van der Waals surface area contributed by atoms with Gasteiger partial charge in [0.2, 0.25) is 0 Å². The van der Waals surface area contributed by atoms with Crippen LogP contribution in [-0.4, -0.2) is 16.3 Å². The summed E-state index contributed by atoms with van der Waals surface area (Å²) in [5, 5.41) is 10.8. The molecule has 0 unspecified atom stereocenters. The van der Waals surface area contributed by atoms with Crippen LogP contribution in [0.1, 0.15) is 16.7 Å². The van der Waals surface area contributed by atoms with E-state index in [4.69, 9.17) is 0 Å². The number of hydrogen-bond donors (Lipinski definition) is 2. The molecule has 118 valence electrons. The standard InChI is InChI=1S/C17H13F3N2O/c1-10-2-7-13-14(16(23)22-15(13)8-10)9-21-12-5-3-11(4-6-12)17(18,19)20/h2-9,22-23H,1H3. The van der Waals surface area contributed by atoms with Crippen molar-refractivity contribution in [3.63, 3.8) is 0 Å². The lowest BCUT2D eigenvalue weighted by atomic mass is 10.1. The number of aryl methyl sites for hydroxylation is 1. The maximum Gasteiger partial charge on any atom is 0.416 e. The zero-order valence-electron chi connectivity index (χ0n) is 12.1. The van der Waals surface area contributed by atoms with Gasteiger partial charge < -0.3 is 10.1 Å². The quantitative estimate of drug-likeness (QED) is 0.645. The van der Waals surface area contributed by atoms with Crippen molar-refractivity contribution in [2.24, 2.45) is 4.99 Å². The molecule has 0 spiro atoms. The summed E-state index contributed by atoms with van der Waals surface area (Å²) in [4.78, 5) is 6.98. The van der Waals surface area contributed by atoms with Gasteiger partial charge in [-0.15, -0.1) is 0 Å². The number of fused-ring (bicyclic) bond motifs is 1. The molecule has 2 aromatic carbocycles. The van der Waals surface area contributed by atoms with Crippen LogP contribution in [0.5, 0.6) is 5.88 Å². The monoisotopic (exact) mass is 318 g/mol. The maximum atomic E-state index is 12.5. The largest absolute Gasteiger partial charge is 0.494 e. The van der Waals surface area contributed by atoms with Crippen molar-refractivity contribution in [2.75, 3.05) is 0 Å². The highest BCUT2D eigenvalue weighted by molar-refractivity contribution is 6.02. The molecular formula is C17H13F3N2O. The van der Waals surface area contributed by atoms with Gasteiger partial charge in [0.1, 0.15) is 0 Å². The second-order valence-corrected chi connectivity index (χ2v) is 5.24. The Kier molecular flexibility index (Phi) is 3.60. The number of aromatic amines is 1. The predicted molar refractivity (Wildman–Crippen MR) is 83.4 cm³/mol. The van der Waals surface area contributed by atoms with E-state index in [1.165, 1.54) is 18.3 Å². The average molecular weight is 318 g/mol. The molecule has 0 bridgehead atoms. The van der Waals surface area contributed by atoms with Gasteiger partial charge in [-0.3, -0.25) is 4.99 Å². The first-order valence-electron chi connectivity index (χ1n) is 6.87. The molecule has 0 atom stereocenters. The first-order chi connectivity index (χ1) is 10.8. The van der Waals surface area contributed by atoms with Crippen molar-refractivity contribution in [1.82, 2.24) is 4.98 Å². The second kappa shape index (κ2) is 5.46. The Labute approximate surface area is 130 Å². The lowest BCUT2D eigenvalue weighted by molar-refractivity contribution is -0.137. The van der Waals surface area contributed by atoms with Crippen LogP contribution in [-0.2, 0) is 6.18 Å². The van der Waals surface area contributed by atoms with Gasteiger partial charge in [0.25, 0.3) is 0 Å². The molecule has 23 heavy (non-hydrogen) atoms. The minimum Gasteiger partial charge on any atom is -0.494 e. The maximum absolute atomic E-state index is 12.5. The van der Waals surface area contributed by atoms with Gasteiger partial charge in [-0.1, -0.05) is 12.1 Å². The van der Waals surface area contributed by atoms with E-state index in [-0.39, 0.29) is 5.88 Å². The van der Waals surface area contributed by atoms with Gasteiger partial charge in [0, 0.05) is 17.1 Å². The summed E-state index contributed by atoms with van der Waals surface area (Å²) in [7, 11) is 0. The van der Waals surface area contributed by atoms with Crippen molar-refractivity contribution in [1.29, 1.82) is 0 Å². The van der Waals surface area contributed by atoms with Crippen LogP contribution in [0.25, 0.3) is 10.9 Å². The number of hydrogen-bond acceptors (Lipinski definition) is 2. The molecule has 1 heterocycles. The summed E-state index contributed by atoms with van der Waals surface area (Å²) < 4.78 is 37.5. The average Bonchev–Trinajstić information content (AvgIpc) is 2.79. The second-order valence-electron chi connectivity index (χ2n) is 5.24. The number of aromatic nitrogens is 1. The Balaban J connectivity index is 1.93. The van der Waals surface area contributed by atoms with Crippen LogP contribution in [0, 0.1) is 6.92 Å². The molecule has 3 nitrogen and oxygen atoms in total. The lowest BCUT2D eigenvalue weighted by Crippen LogP contribution is -2.03. The Morgan fingerprint density at radius 1 is 1.09 bits per heavy atom. The van der Waals surface area contributed by atoms with E-state index >= 15 is 0 Å². The van der Waals surface area contributed by atoms with Gasteiger partial charge in [0.15, 0.2) is 5.88 Å². The third-order valence-electron chi connectivity index (χ3n) is 3.51. The van der Waals surface area contributed by atoms with Gasteiger partial charge in [-0.05, 0) is 42.8 Å². The van der Waals surface area contributed by atoms with Gasteiger partial charge in [-0.25, -0.2) is 0 Å². The number of aromatic hydroxyl groups is 1. The van der Waals surface area contributed by atoms with Crippen LogP contribution in [0.15, 0.2) is 47.5 Å². The van der Waals surface area contributed by atoms with E-state index in [9.17, 15) is 18.3 Å². The Bertz CT molecular complexity index is 877. The molecule has 3 aromatic rings. The zero-order chi connectivity index (χ0) is 16.6. The zero-order valence-corrected chi connectivity index (χ0v) is 12.1. The predicted octanol–water partition coefficient (Wildman–Crippen LogP) is 4.95. The highest BCUT2D eigenvalue weighted by Crippen LogP contribution is 2.31. The summed E-state index contributed by atoms with van der Waals surface area (Å²) in [5.74, 6) is -0.0266. The molecule has 2 N–H and O–H groups in total. The fourth-order valence-corrected chi connectivity index (χ4v) is 2.33. The normalized spacial score (nSPS) is 12.3. The number of nitrogens with zero attached hydrogens (tertiary/aromatic N) is 1. The minimum absolute atomic E-state index is 0.0266. The summed E-state index contributed by atoms with van der Waals surface area (Å²) in [6, 6.07) is 10.2. The third-order valence-corrected chi connectivity index (χ3v) is 3.51. The topological polar surface area (TPSA) is 48.4 Å². The molecule has 0 fully saturated rings. The molecule has 0 amide bonds. The number of H-pyrrole nitrogens is 1. The smallest absolute Gasteiger partial charge is 0.416 e. The van der Waals surface area contributed by atoms with E-state index in [2.05, 4.69) is 9.98 Å². The Morgan fingerprint density at radius 3 is 2.43 bits per heavy atom. The number of halogens is 3. The van der Waals surface area contributed by atoms with Crippen LogP contribution < -0.4 is 0 Å². The molecule has 0 aliphatic heterocycles. The number of nitrogens with one attached hydrogen (secondary N) is 1. The van der Waals surface area contributed by atoms with Crippen LogP contribution >= 0.6 is 0 Å². The summed E-state index contributed by atoms with van der Waals surface area (Å²) in [5.41, 5.74) is 1.97. The van der Waals surface area contributed by atoms with E-state index in [0.717, 1.165) is 28.6 Å². The summed E-state index contributed by atoms with van der Waals surface area (Å²) in [6.45, 7) is 1.94. The Morgan fingerprint density at radius 2 is 1.78 bits per heavy atom. The van der Waals surface area contributed by atoms with Crippen molar-refractivity contribution >= 4 is 22.8 Å². The van der Waals surface area contributed by atoms with Gasteiger partial charge in [-0.2, -0.15) is 13.2 Å². The molecule has 0 saturated carbocycles. The fourth-order valence-electron chi connectivity index (χ4n) is 2.33. The molecule has 1 aromatic heterocycles. The lowest BCUT2D eigenvalue weighted by Gasteiger charge is -2.05. The van der Waals surface area contributed by atoms with E-state index in [1.54, 1.807) is 0 Å². The van der Waals surface area contributed by atoms with E-state index in [0.29, 0.717) is 11.3 Å². The number of aliphatic imine (C=N–C) groups is 1. The molecule has 3 rings (SSSR count). The van der Waals surface area contributed by atoms with Crippen LogP contribution in [0.4, 0.5) is 18.9 Å². The number of benzene rings is 2. The molecule has 6 heteroatoms. The highest BCUT2D eigenvalue weighted by Gasteiger charge is 2.29. The Hall–Kier alpha value is -2.76. The van der Waals surface area contributed by atoms with Crippen molar-refractivity contribution in [3.8, 4) is 5.88 Å². The van der Waals surface area contributed by atoms with Gasteiger partial charge >= 0.3 is 6.18 Å². The fraction of sp³-hybridized carbons (Fsp3) is 0.118. The molecule has 0 saturated heterocycles. The molecule has 0 radical (unpaired) electrons. The number of rotatable bonds is 2. The molecular weight excluding hydrogens is 305 g/mol.